The summed E-state index contributed by atoms with van der Waals surface area (Å²) >= 11 is 0. The van der Waals surface area contributed by atoms with E-state index >= 15 is 0 Å². The fourth-order valence-corrected chi connectivity index (χ4v) is 2.76. The lowest BCUT2D eigenvalue weighted by Crippen LogP contribution is -1.95. The van der Waals surface area contributed by atoms with E-state index in [-0.39, 0.29) is 0 Å². The molecule has 1 aromatic carbocycles. The van der Waals surface area contributed by atoms with Crippen LogP contribution in [0, 0.1) is 11.8 Å². The normalized spacial score (nSPS) is 10.3. The molecule has 0 aliphatic heterocycles. The summed E-state index contributed by atoms with van der Waals surface area (Å²) in [5.74, 6) is 6.29. The molecule has 0 amide bonds. The fraction of sp³-hybridized carbons (Fsp3) is 0.478. The molecule has 0 aliphatic carbocycles. The highest BCUT2D eigenvalue weighted by molar-refractivity contribution is 5.40. The van der Waals surface area contributed by atoms with Gasteiger partial charge in [-0.2, -0.15) is 5.10 Å². The van der Waals surface area contributed by atoms with Gasteiger partial charge < -0.3 is 0 Å². The summed E-state index contributed by atoms with van der Waals surface area (Å²) in [6.45, 7) is 4.47. The van der Waals surface area contributed by atoms with Crippen molar-refractivity contribution in [2.75, 3.05) is 0 Å². The van der Waals surface area contributed by atoms with Gasteiger partial charge in [-0.1, -0.05) is 64.0 Å². The molecule has 0 unspecified atom stereocenters. The van der Waals surface area contributed by atoms with Gasteiger partial charge in [0.1, 0.15) is 5.69 Å². The number of nitrogens with zero attached hydrogens (tertiary/aromatic N) is 2. The van der Waals surface area contributed by atoms with Crippen LogP contribution in [0.4, 0.5) is 0 Å². The van der Waals surface area contributed by atoms with Gasteiger partial charge in [-0.25, -0.2) is 0 Å². The minimum atomic E-state index is 0.740. The van der Waals surface area contributed by atoms with E-state index in [9.17, 15) is 0 Å². The Morgan fingerprint density at radius 3 is 2.08 bits per heavy atom. The molecule has 0 aliphatic rings. The maximum absolute atomic E-state index is 4.29. The minimum absolute atomic E-state index is 0.740. The first kappa shape index (κ1) is 19.2. The summed E-state index contributed by atoms with van der Waals surface area (Å²) in [5, 5.41) is 8.53. The summed E-state index contributed by atoms with van der Waals surface area (Å²) in [6.07, 6.45) is 11.0. The first-order chi connectivity index (χ1) is 12.3. The second-order valence-corrected chi connectivity index (χ2v) is 6.62. The molecule has 2 rings (SSSR count). The SMILES string of the molecule is CCCCCCc1ccc(C#Cc2ccc(CCCCC)cc2)nn1. The maximum Gasteiger partial charge on any atom is 0.136 e. The van der Waals surface area contributed by atoms with Gasteiger partial charge in [0.15, 0.2) is 0 Å². The molecule has 0 spiro atoms. The van der Waals surface area contributed by atoms with Crippen molar-refractivity contribution < 1.29 is 0 Å². The zero-order valence-corrected chi connectivity index (χ0v) is 15.7. The summed E-state index contributed by atoms with van der Waals surface area (Å²) in [6, 6.07) is 12.6. The topological polar surface area (TPSA) is 25.8 Å². The Morgan fingerprint density at radius 1 is 0.680 bits per heavy atom. The van der Waals surface area contributed by atoms with Crippen molar-refractivity contribution in [3.05, 3.63) is 58.9 Å². The number of hydrogen-bond donors (Lipinski definition) is 0. The van der Waals surface area contributed by atoms with Gasteiger partial charge in [0.05, 0.1) is 5.69 Å². The highest BCUT2D eigenvalue weighted by atomic mass is 15.1. The Labute approximate surface area is 153 Å². The molecule has 0 saturated heterocycles. The molecule has 0 fully saturated rings. The first-order valence-electron chi connectivity index (χ1n) is 9.75. The Balaban J connectivity index is 1.85. The smallest absolute Gasteiger partial charge is 0.136 e. The third kappa shape index (κ3) is 7.52. The van der Waals surface area contributed by atoms with Gasteiger partial charge >= 0.3 is 0 Å². The van der Waals surface area contributed by atoms with Crippen molar-refractivity contribution in [2.45, 2.75) is 71.6 Å². The molecule has 2 aromatic rings. The lowest BCUT2D eigenvalue weighted by molar-refractivity contribution is 0.656. The molecule has 1 heterocycles. The van der Waals surface area contributed by atoms with E-state index in [2.05, 4.69) is 66.2 Å². The molecular formula is C23H30N2. The summed E-state index contributed by atoms with van der Waals surface area (Å²) in [5.41, 5.74) is 4.23. The lowest BCUT2D eigenvalue weighted by Gasteiger charge is -2.00. The number of rotatable bonds is 9. The van der Waals surface area contributed by atoms with E-state index in [1.807, 2.05) is 6.07 Å². The molecule has 0 radical (unpaired) electrons. The molecule has 1 aromatic heterocycles. The lowest BCUT2D eigenvalue weighted by atomic mass is 10.1. The van der Waals surface area contributed by atoms with Crippen LogP contribution in [0.3, 0.4) is 0 Å². The molecule has 0 N–H and O–H groups in total. The van der Waals surface area contributed by atoms with Crippen LogP contribution in [0.25, 0.3) is 0 Å². The number of aromatic nitrogens is 2. The van der Waals surface area contributed by atoms with Gasteiger partial charge in [-0.3, -0.25) is 0 Å². The molecule has 25 heavy (non-hydrogen) atoms. The van der Waals surface area contributed by atoms with Crippen molar-refractivity contribution in [1.82, 2.24) is 10.2 Å². The largest absolute Gasteiger partial charge is 0.154 e. The summed E-state index contributed by atoms with van der Waals surface area (Å²) in [4.78, 5) is 0. The van der Waals surface area contributed by atoms with Gasteiger partial charge in [0.25, 0.3) is 0 Å². The molecule has 132 valence electrons. The van der Waals surface area contributed by atoms with Gasteiger partial charge in [-0.15, -0.1) is 5.10 Å². The average molecular weight is 335 g/mol. The number of aryl methyl sites for hydroxylation is 2. The second kappa shape index (κ2) is 11.4. The van der Waals surface area contributed by atoms with Crippen LogP contribution in [0.2, 0.25) is 0 Å². The van der Waals surface area contributed by atoms with E-state index in [0.717, 1.165) is 29.8 Å². The number of unbranched alkanes of at least 4 members (excludes halogenated alkanes) is 5. The van der Waals surface area contributed by atoms with E-state index in [1.165, 1.54) is 50.5 Å². The van der Waals surface area contributed by atoms with Crippen LogP contribution in [0.15, 0.2) is 36.4 Å². The quantitative estimate of drug-likeness (QED) is 0.432. The highest BCUT2D eigenvalue weighted by Crippen LogP contribution is 2.09. The van der Waals surface area contributed by atoms with Crippen molar-refractivity contribution in [2.24, 2.45) is 0 Å². The Bertz CT molecular complexity index is 660. The molecule has 2 heteroatoms. The first-order valence-corrected chi connectivity index (χ1v) is 9.75. The molecule has 2 nitrogen and oxygen atoms in total. The standard InChI is InChI=1S/C23H30N2/c1-3-5-7-9-11-22-18-19-23(25-24-22)17-16-21-14-12-20(13-15-21)10-8-6-4-2/h12-15,18-19H,3-11H2,1-2H3. The van der Waals surface area contributed by atoms with Crippen molar-refractivity contribution >= 4 is 0 Å². The zero-order chi connectivity index (χ0) is 17.7. The number of hydrogen-bond acceptors (Lipinski definition) is 2. The zero-order valence-electron chi connectivity index (χ0n) is 15.7. The van der Waals surface area contributed by atoms with E-state index in [4.69, 9.17) is 0 Å². The molecule has 0 atom stereocenters. The van der Waals surface area contributed by atoms with Crippen LogP contribution in [0.1, 0.15) is 81.3 Å². The third-order valence-electron chi connectivity index (χ3n) is 4.36. The van der Waals surface area contributed by atoms with Gasteiger partial charge in [0, 0.05) is 5.56 Å². The van der Waals surface area contributed by atoms with Gasteiger partial charge in [0.2, 0.25) is 0 Å². The number of benzene rings is 1. The predicted octanol–water partition coefficient (Wildman–Crippen LogP) is 5.73. The molecule has 0 saturated carbocycles. The minimum Gasteiger partial charge on any atom is -0.154 e. The predicted molar refractivity (Wildman–Crippen MR) is 106 cm³/mol. The summed E-state index contributed by atoms with van der Waals surface area (Å²) < 4.78 is 0. The van der Waals surface area contributed by atoms with E-state index in [0.29, 0.717) is 0 Å². The Hall–Kier alpha value is -2.14. The highest BCUT2D eigenvalue weighted by Gasteiger charge is 1.97. The van der Waals surface area contributed by atoms with Crippen molar-refractivity contribution in [1.29, 1.82) is 0 Å². The van der Waals surface area contributed by atoms with E-state index in [1.54, 1.807) is 0 Å². The van der Waals surface area contributed by atoms with Gasteiger partial charge in [-0.05, 0) is 61.4 Å². The summed E-state index contributed by atoms with van der Waals surface area (Å²) in [7, 11) is 0. The second-order valence-electron chi connectivity index (χ2n) is 6.62. The fourth-order valence-electron chi connectivity index (χ4n) is 2.76. The monoisotopic (exact) mass is 334 g/mol. The van der Waals surface area contributed by atoms with Crippen LogP contribution in [-0.4, -0.2) is 10.2 Å². The maximum atomic E-state index is 4.29. The van der Waals surface area contributed by atoms with Crippen molar-refractivity contribution in [3.8, 4) is 11.8 Å². The molecular weight excluding hydrogens is 304 g/mol. The van der Waals surface area contributed by atoms with Crippen LogP contribution >= 0.6 is 0 Å². The van der Waals surface area contributed by atoms with Crippen LogP contribution < -0.4 is 0 Å². The van der Waals surface area contributed by atoms with Crippen LogP contribution in [-0.2, 0) is 12.8 Å². The van der Waals surface area contributed by atoms with Crippen LogP contribution in [0.5, 0.6) is 0 Å². The average Bonchev–Trinajstić information content (AvgIpc) is 2.66. The van der Waals surface area contributed by atoms with Crippen molar-refractivity contribution in [3.63, 3.8) is 0 Å². The molecule has 0 bridgehead atoms. The van der Waals surface area contributed by atoms with E-state index < -0.39 is 0 Å². The Morgan fingerprint density at radius 2 is 1.40 bits per heavy atom. The third-order valence-corrected chi connectivity index (χ3v) is 4.36. The Kier molecular flexibility index (Phi) is 8.77.